The molecule has 1 amide bonds. The summed E-state index contributed by atoms with van der Waals surface area (Å²) in [6, 6.07) is 8.53. The molecular weight excluding hydrogens is 422 g/mol. The van der Waals surface area contributed by atoms with Gasteiger partial charge in [0.2, 0.25) is 5.91 Å². The first-order valence-electron chi connectivity index (χ1n) is 11.8. The fourth-order valence-electron chi connectivity index (χ4n) is 4.83. The van der Waals surface area contributed by atoms with E-state index >= 15 is 0 Å². The molecule has 32 heavy (non-hydrogen) atoms. The van der Waals surface area contributed by atoms with Crippen molar-refractivity contribution in [1.29, 1.82) is 0 Å². The number of carbonyl (C=O) groups is 1. The molecule has 170 valence electrons. The Morgan fingerprint density at radius 2 is 1.97 bits per heavy atom. The van der Waals surface area contributed by atoms with Crippen LogP contribution >= 0.6 is 11.8 Å². The van der Waals surface area contributed by atoms with Gasteiger partial charge < -0.3 is 15.0 Å². The van der Waals surface area contributed by atoms with Gasteiger partial charge in [0.15, 0.2) is 11.0 Å². The number of amides is 1. The van der Waals surface area contributed by atoms with Crippen LogP contribution in [0.1, 0.15) is 51.4 Å². The molecule has 1 saturated carbocycles. The van der Waals surface area contributed by atoms with Crippen molar-refractivity contribution in [1.82, 2.24) is 25.1 Å². The summed E-state index contributed by atoms with van der Waals surface area (Å²) < 4.78 is 8.04. The highest BCUT2D eigenvalue weighted by Gasteiger charge is 2.24. The van der Waals surface area contributed by atoms with Crippen molar-refractivity contribution in [3.63, 3.8) is 0 Å². The van der Waals surface area contributed by atoms with Gasteiger partial charge in [-0.05, 0) is 31.7 Å². The molecule has 3 aromatic rings. The van der Waals surface area contributed by atoms with E-state index in [0.29, 0.717) is 18.3 Å². The molecule has 0 spiro atoms. The van der Waals surface area contributed by atoms with Crippen LogP contribution in [0.2, 0.25) is 0 Å². The summed E-state index contributed by atoms with van der Waals surface area (Å²) in [7, 11) is 0. The van der Waals surface area contributed by atoms with Gasteiger partial charge in [0.05, 0.1) is 18.4 Å². The quantitative estimate of drug-likeness (QED) is 0.405. The zero-order valence-corrected chi connectivity index (χ0v) is 19.2. The van der Waals surface area contributed by atoms with Gasteiger partial charge >= 0.3 is 0 Å². The zero-order chi connectivity index (χ0) is 21.8. The first-order valence-corrected chi connectivity index (χ1v) is 12.8. The fraction of sp³-hybridized carbons (Fsp3) is 0.542. The Hall–Kier alpha value is -2.32. The number of rotatable bonds is 7. The molecule has 7 nitrogen and oxygen atoms in total. The number of H-pyrrole nitrogens is 1. The van der Waals surface area contributed by atoms with Crippen LogP contribution in [0, 0.1) is 0 Å². The molecule has 5 rings (SSSR count). The third-order valence-electron chi connectivity index (χ3n) is 6.51. The minimum absolute atomic E-state index is 0.0854. The summed E-state index contributed by atoms with van der Waals surface area (Å²) in [5.74, 6) is 1.26. The lowest BCUT2D eigenvalue weighted by atomic mass is 10.1. The molecule has 0 radical (unpaired) electrons. The highest BCUT2D eigenvalue weighted by molar-refractivity contribution is 7.99. The molecule has 1 atom stereocenters. The molecule has 1 aliphatic heterocycles. The van der Waals surface area contributed by atoms with E-state index in [1.165, 1.54) is 37.4 Å². The normalized spacial score (nSPS) is 19.9. The lowest BCUT2D eigenvalue weighted by Crippen LogP contribution is -2.35. The number of hydrogen-bond acceptors (Lipinski definition) is 5. The van der Waals surface area contributed by atoms with Crippen LogP contribution in [0.4, 0.5) is 0 Å². The van der Waals surface area contributed by atoms with Crippen LogP contribution in [-0.4, -0.2) is 50.2 Å². The van der Waals surface area contributed by atoms with E-state index in [0.717, 1.165) is 59.7 Å². The molecule has 1 aromatic carbocycles. The largest absolute Gasteiger partial charge is 0.376 e. The summed E-state index contributed by atoms with van der Waals surface area (Å²) in [6.45, 7) is 1.51. The van der Waals surface area contributed by atoms with Crippen LogP contribution in [0.25, 0.3) is 22.3 Å². The molecule has 2 aromatic heterocycles. The van der Waals surface area contributed by atoms with Gasteiger partial charge in [0.1, 0.15) is 0 Å². The van der Waals surface area contributed by atoms with Crippen LogP contribution in [-0.2, 0) is 16.1 Å². The monoisotopic (exact) mass is 453 g/mol. The van der Waals surface area contributed by atoms with Crippen LogP contribution in [0.5, 0.6) is 0 Å². The van der Waals surface area contributed by atoms with E-state index in [4.69, 9.17) is 4.74 Å². The highest BCUT2D eigenvalue weighted by atomic mass is 32.2. The average molecular weight is 454 g/mol. The first kappa shape index (κ1) is 21.5. The Labute approximate surface area is 192 Å². The summed E-state index contributed by atoms with van der Waals surface area (Å²) in [4.78, 5) is 16.0. The van der Waals surface area contributed by atoms with E-state index in [1.807, 2.05) is 18.3 Å². The number of aromatic nitrogens is 4. The van der Waals surface area contributed by atoms with Gasteiger partial charge in [-0.15, -0.1) is 10.2 Å². The third-order valence-corrected chi connectivity index (χ3v) is 7.48. The van der Waals surface area contributed by atoms with Crippen LogP contribution in [0.15, 0.2) is 35.6 Å². The van der Waals surface area contributed by atoms with Crippen molar-refractivity contribution in [2.75, 3.05) is 12.4 Å². The molecule has 1 aliphatic carbocycles. The smallest absolute Gasteiger partial charge is 0.230 e. The minimum Gasteiger partial charge on any atom is -0.376 e. The SMILES string of the molecule is O=C(CSc1nnc(-c2c[nH]c3ccccc23)n1CC1CCCO1)NC1CCCCCC1. The number of benzene rings is 1. The molecule has 1 saturated heterocycles. The Balaban J connectivity index is 1.34. The number of aromatic amines is 1. The summed E-state index contributed by atoms with van der Waals surface area (Å²) in [5, 5.41) is 14.2. The van der Waals surface area contributed by atoms with Gasteiger partial charge in [-0.1, -0.05) is 55.6 Å². The maximum Gasteiger partial charge on any atom is 0.230 e. The summed E-state index contributed by atoms with van der Waals surface area (Å²) in [6.07, 6.45) is 11.5. The lowest BCUT2D eigenvalue weighted by molar-refractivity contribution is -0.119. The maximum absolute atomic E-state index is 12.6. The fourth-order valence-corrected chi connectivity index (χ4v) is 5.59. The van der Waals surface area contributed by atoms with Crippen molar-refractivity contribution in [3.05, 3.63) is 30.5 Å². The van der Waals surface area contributed by atoms with Gasteiger partial charge in [-0.3, -0.25) is 9.36 Å². The molecule has 8 heteroatoms. The number of carbonyl (C=O) groups excluding carboxylic acids is 1. The Bertz CT molecular complexity index is 1050. The van der Waals surface area contributed by atoms with E-state index in [2.05, 4.69) is 37.2 Å². The lowest BCUT2D eigenvalue weighted by Gasteiger charge is -2.17. The molecule has 2 fully saturated rings. The maximum atomic E-state index is 12.6. The number of hydrogen-bond donors (Lipinski definition) is 2. The van der Waals surface area contributed by atoms with Crippen LogP contribution in [0.3, 0.4) is 0 Å². The van der Waals surface area contributed by atoms with E-state index in [-0.39, 0.29) is 12.0 Å². The average Bonchev–Trinajstić information content (AvgIpc) is 3.51. The van der Waals surface area contributed by atoms with Crippen molar-refractivity contribution in [2.45, 2.75) is 75.2 Å². The van der Waals surface area contributed by atoms with Gasteiger partial charge in [-0.25, -0.2) is 0 Å². The predicted molar refractivity (Wildman–Crippen MR) is 127 cm³/mol. The van der Waals surface area contributed by atoms with Gasteiger partial charge in [0.25, 0.3) is 0 Å². The van der Waals surface area contributed by atoms with Gasteiger partial charge in [-0.2, -0.15) is 0 Å². The van der Waals surface area contributed by atoms with Crippen molar-refractivity contribution in [3.8, 4) is 11.4 Å². The number of para-hydroxylation sites is 1. The molecule has 3 heterocycles. The Morgan fingerprint density at radius 1 is 1.12 bits per heavy atom. The number of ether oxygens (including phenoxy) is 1. The zero-order valence-electron chi connectivity index (χ0n) is 18.4. The van der Waals surface area contributed by atoms with E-state index < -0.39 is 0 Å². The molecule has 2 N–H and O–H groups in total. The second-order valence-corrected chi connectivity index (χ2v) is 9.79. The minimum atomic E-state index is 0.0854. The standard InChI is InChI=1S/C24H31N5O2S/c30-22(26-17-8-3-1-2-4-9-17)16-32-24-28-27-23(29(24)15-18-10-7-13-31-18)20-14-25-21-12-6-5-11-19(20)21/h5-6,11-12,14,17-18,25H,1-4,7-10,13,15-16H2,(H,26,30). The molecular formula is C24H31N5O2S. The van der Waals surface area contributed by atoms with Gasteiger partial charge in [0, 0.05) is 35.3 Å². The predicted octanol–water partition coefficient (Wildman–Crippen LogP) is 4.54. The second-order valence-electron chi connectivity index (χ2n) is 8.84. The van der Waals surface area contributed by atoms with E-state index in [1.54, 1.807) is 0 Å². The summed E-state index contributed by atoms with van der Waals surface area (Å²) in [5.41, 5.74) is 2.10. The second kappa shape index (κ2) is 10.1. The number of nitrogens with zero attached hydrogens (tertiary/aromatic N) is 3. The van der Waals surface area contributed by atoms with Crippen molar-refractivity contribution >= 4 is 28.6 Å². The molecule has 1 unspecified atom stereocenters. The Kier molecular flexibility index (Phi) is 6.78. The van der Waals surface area contributed by atoms with Crippen molar-refractivity contribution < 1.29 is 9.53 Å². The number of thioether (sulfide) groups is 1. The first-order chi connectivity index (χ1) is 15.8. The Morgan fingerprint density at radius 3 is 2.78 bits per heavy atom. The third kappa shape index (κ3) is 4.86. The number of fused-ring (bicyclic) bond motifs is 1. The topological polar surface area (TPSA) is 84.8 Å². The highest BCUT2D eigenvalue weighted by Crippen LogP contribution is 2.31. The van der Waals surface area contributed by atoms with Crippen LogP contribution < -0.4 is 5.32 Å². The molecule has 0 bridgehead atoms. The molecule has 2 aliphatic rings. The number of nitrogens with one attached hydrogen (secondary N) is 2. The van der Waals surface area contributed by atoms with Crippen molar-refractivity contribution in [2.24, 2.45) is 0 Å². The summed E-state index contributed by atoms with van der Waals surface area (Å²) >= 11 is 1.47. The van der Waals surface area contributed by atoms with E-state index in [9.17, 15) is 4.79 Å².